The summed E-state index contributed by atoms with van der Waals surface area (Å²) in [5, 5.41) is 0. The molecule has 0 aromatic carbocycles. The highest BCUT2D eigenvalue weighted by molar-refractivity contribution is 14.1. The summed E-state index contributed by atoms with van der Waals surface area (Å²) in [5.74, 6) is 4.81. The molecule has 0 radical (unpaired) electrons. The molecule has 0 fully saturated rings. The molecule has 0 saturated carbocycles. The van der Waals surface area contributed by atoms with Crippen molar-refractivity contribution in [3.05, 3.63) is 21.7 Å². The van der Waals surface area contributed by atoms with Crippen LogP contribution in [0, 0.1) is 9.52 Å². The predicted octanol–water partition coefficient (Wildman–Crippen LogP) is 1.11. The lowest BCUT2D eigenvalue weighted by atomic mass is 10.5. The Kier molecular flexibility index (Phi) is 2.39. The Morgan fingerprint density at radius 3 is 2.80 bits per heavy atom. The fourth-order valence-corrected chi connectivity index (χ4v) is 1.09. The van der Waals surface area contributed by atoms with Gasteiger partial charge >= 0.3 is 0 Å². The van der Waals surface area contributed by atoms with Crippen LogP contribution in [-0.2, 0) is 0 Å². The number of halogens is 2. The Morgan fingerprint density at radius 1 is 1.60 bits per heavy atom. The van der Waals surface area contributed by atoms with E-state index >= 15 is 0 Å². The number of aromatic nitrogens is 1. The highest BCUT2D eigenvalue weighted by atomic mass is 127. The van der Waals surface area contributed by atoms with E-state index in [1.807, 2.05) is 22.6 Å². The summed E-state index contributed by atoms with van der Waals surface area (Å²) in [5.41, 5.74) is 2.25. The number of hydrogen-bond acceptors (Lipinski definition) is 3. The lowest BCUT2D eigenvalue weighted by molar-refractivity contribution is 0.584. The van der Waals surface area contributed by atoms with Gasteiger partial charge < -0.3 is 5.43 Å². The summed E-state index contributed by atoms with van der Waals surface area (Å²) in [7, 11) is 0. The Labute approximate surface area is 70.9 Å². The maximum atomic E-state index is 12.4. The normalized spacial score (nSPS) is 9.50. The van der Waals surface area contributed by atoms with Crippen molar-refractivity contribution < 1.29 is 4.39 Å². The van der Waals surface area contributed by atoms with Gasteiger partial charge in [-0.1, -0.05) is 0 Å². The lowest BCUT2D eigenvalue weighted by Gasteiger charge is -1.97. The molecular formula is C5H5FIN3. The summed E-state index contributed by atoms with van der Waals surface area (Å²) < 4.78 is 13.2. The van der Waals surface area contributed by atoms with E-state index in [1.54, 1.807) is 6.07 Å². The largest absolute Gasteiger partial charge is 0.308 e. The van der Waals surface area contributed by atoms with Crippen molar-refractivity contribution in [1.82, 2.24) is 4.98 Å². The molecule has 0 saturated heterocycles. The van der Waals surface area contributed by atoms with E-state index in [4.69, 9.17) is 5.84 Å². The first kappa shape index (κ1) is 7.67. The van der Waals surface area contributed by atoms with Crippen LogP contribution in [0.2, 0.25) is 0 Å². The van der Waals surface area contributed by atoms with Crippen LogP contribution in [0.25, 0.3) is 0 Å². The van der Waals surface area contributed by atoms with Crippen molar-refractivity contribution in [2.45, 2.75) is 0 Å². The van der Waals surface area contributed by atoms with Gasteiger partial charge in [0.05, 0.1) is 0 Å². The van der Waals surface area contributed by atoms with Crippen LogP contribution in [0.1, 0.15) is 0 Å². The predicted molar refractivity (Wildman–Crippen MR) is 44.7 cm³/mol. The molecular weight excluding hydrogens is 248 g/mol. The number of nitrogen functional groups attached to an aromatic ring is 1. The van der Waals surface area contributed by atoms with Crippen LogP contribution < -0.4 is 11.3 Å². The highest BCUT2D eigenvalue weighted by Gasteiger charge is 1.96. The van der Waals surface area contributed by atoms with Crippen LogP contribution in [0.4, 0.5) is 10.2 Å². The van der Waals surface area contributed by atoms with Gasteiger partial charge in [0.15, 0.2) is 0 Å². The summed E-state index contributed by atoms with van der Waals surface area (Å²) in [4.78, 5) is 3.44. The molecule has 0 aliphatic rings. The molecule has 0 spiro atoms. The van der Waals surface area contributed by atoms with Gasteiger partial charge in [0, 0.05) is 9.64 Å². The van der Waals surface area contributed by atoms with Gasteiger partial charge in [-0.3, -0.25) is 0 Å². The van der Waals surface area contributed by atoms with Crippen LogP contribution >= 0.6 is 22.6 Å². The zero-order valence-electron chi connectivity index (χ0n) is 4.94. The van der Waals surface area contributed by atoms with E-state index in [2.05, 4.69) is 10.4 Å². The Bertz CT molecular complexity index is 220. The number of hydrazine groups is 1. The fourth-order valence-electron chi connectivity index (χ4n) is 0.540. The summed E-state index contributed by atoms with van der Waals surface area (Å²) in [6, 6.07) is 2.96. The van der Waals surface area contributed by atoms with Gasteiger partial charge in [0.25, 0.3) is 0 Å². The average Bonchev–Trinajstić information content (AvgIpc) is 1.85. The van der Waals surface area contributed by atoms with E-state index in [-0.39, 0.29) is 0 Å². The van der Waals surface area contributed by atoms with Crippen LogP contribution in [0.3, 0.4) is 0 Å². The molecule has 0 atom stereocenters. The molecule has 0 amide bonds. The summed E-state index contributed by atoms with van der Waals surface area (Å²) in [6.45, 7) is 0. The van der Waals surface area contributed by atoms with Crippen molar-refractivity contribution in [1.29, 1.82) is 0 Å². The zero-order chi connectivity index (χ0) is 7.56. The number of anilines is 1. The number of nitrogens with two attached hydrogens (primary N) is 1. The van der Waals surface area contributed by atoms with Crippen molar-refractivity contribution in [2.24, 2.45) is 5.84 Å². The third kappa shape index (κ3) is 1.77. The first-order valence-corrected chi connectivity index (χ1v) is 3.60. The standard InChI is InChI=1S/C5H5FIN3/c6-4-1-3(7)2-5(9-4)10-8/h1-2H,8H2,(H,9,10). The summed E-state index contributed by atoms with van der Waals surface area (Å²) in [6.07, 6.45) is 0. The van der Waals surface area contributed by atoms with Gasteiger partial charge in [-0.2, -0.15) is 4.39 Å². The van der Waals surface area contributed by atoms with Crippen LogP contribution in [0.15, 0.2) is 12.1 Å². The van der Waals surface area contributed by atoms with E-state index in [9.17, 15) is 4.39 Å². The van der Waals surface area contributed by atoms with Crippen molar-refractivity contribution in [3.8, 4) is 0 Å². The second-order valence-corrected chi connectivity index (χ2v) is 2.88. The van der Waals surface area contributed by atoms with E-state index in [0.29, 0.717) is 5.82 Å². The fraction of sp³-hybridized carbons (Fsp3) is 0. The molecule has 3 N–H and O–H groups in total. The van der Waals surface area contributed by atoms with Gasteiger partial charge in [-0.05, 0) is 28.7 Å². The minimum Gasteiger partial charge on any atom is -0.308 e. The monoisotopic (exact) mass is 253 g/mol. The third-order valence-corrected chi connectivity index (χ3v) is 1.53. The molecule has 1 heterocycles. The van der Waals surface area contributed by atoms with Gasteiger partial charge in [-0.15, -0.1) is 0 Å². The van der Waals surface area contributed by atoms with Gasteiger partial charge in [0.2, 0.25) is 5.95 Å². The molecule has 5 heteroatoms. The molecule has 0 aliphatic heterocycles. The molecule has 3 nitrogen and oxygen atoms in total. The molecule has 0 unspecified atom stereocenters. The maximum Gasteiger partial charge on any atom is 0.215 e. The average molecular weight is 253 g/mol. The maximum absolute atomic E-state index is 12.4. The van der Waals surface area contributed by atoms with Gasteiger partial charge in [0.1, 0.15) is 5.82 Å². The van der Waals surface area contributed by atoms with Crippen molar-refractivity contribution in [3.63, 3.8) is 0 Å². The second kappa shape index (κ2) is 3.11. The molecule has 0 aliphatic carbocycles. The van der Waals surface area contributed by atoms with E-state index < -0.39 is 5.95 Å². The van der Waals surface area contributed by atoms with Crippen molar-refractivity contribution in [2.75, 3.05) is 5.43 Å². The lowest BCUT2D eigenvalue weighted by Crippen LogP contribution is -2.09. The topological polar surface area (TPSA) is 50.9 Å². The number of nitrogens with one attached hydrogen (secondary N) is 1. The Balaban J connectivity index is 3.06. The number of nitrogens with zero attached hydrogens (tertiary/aromatic N) is 1. The van der Waals surface area contributed by atoms with Crippen LogP contribution in [-0.4, -0.2) is 4.98 Å². The van der Waals surface area contributed by atoms with Crippen molar-refractivity contribution >= 4 is 28.4 Å². The zero-order valence-corrected chi connectivity index (χ0v) is 7.09. The molecule has 0 bridgehead atoms. The molecule has 54 valence electrons. The second-order valence-electron chi connectivity index (χ2n) is 1.64. The van der Waals surface area contributed by atoms with E-state index in [1.165, 1.54) is 6.07 Å². The van der Waals surface area contributed by atoms with Gasteiger partial charge in [-0.25, -0.2) is 10.8 Å². The SMILES string of the molecule is NNc1cc(I)cc(F)n1. The smallest absolute Gasteiger partial charge is 0.215 e. The Morgan fingerprint density at radius 2 is 2.30 bits per heavy atom. The number of rotatable bonds is 1. The summed E-state index contributed by atoms with van der Waals surface area (Å²) >= 11 is 1.98. The number of hydrogen-bond donors (Lipinski definition) is 2. The first-order chi connectivity index (χ1) is 4.72. The Hall–Kier alpha value is -0.430. The molecule has 1 aromatic heterocycles. The quantitative estimate of drug-likeness (QED) is 0.341. The van der Waals surface area contributed by atoms with Crippen LogP contribution in [0.5, 0.6) is 0 Å². The minimum atomic E-state index is -0.528. The number of pyridine rings is 1. The van der Waals surface area contributed by atoms with E-state index in [0.717, 1.165) is 3.57 Å². The highest BCUT2D eigenvalue weighted by Crippen LogP contribution is 2.09. The third-order valence-electron chi connectivity index (χ3n) is 0.907. The molecule has 1 rings (SSSR count). The molecule has 10 heavy (non-hydrogen) atoms. The molecule has 1 aromatic rings. The minimum absolute atomic E-state index is 0.337. The first-order valence-electron chi connectivity index (χ1n) is 2.52.